The number of rotatable bonds is 4. The first-order chi connectivity index (χ1) is 12.1. The number of fused-ring (bicyclic) bond motifs is 1. The van der Waals surface area contributed by atoms with Crippen LogP contribution in [0, 0.1) is 0 Å². The molecule has 1 aliphatic heterocycles. The quantitative estimate of drug-likeness (QED) is 0.928. The molecular formula is C19H20N2O4. The number of ether oxygens (including phenoxy) is 2. The molecule has 0 bridgehead atoms. The van der Waals surface area contributed by atoms with Crippen molar-refractivity contribution in [3.05, 3.63) is 53.6 Å². The lowest BCUT2D eigenvalue weighted by Gasteiger charge is -2.13. The van der Waals surface area contributed by atoms with Gasteiger partial charge in [0.2, 0.25) is 5.91 Å². The molecule has 1 heterocycles. The zero-order chi connectivity index (χ0) is 17.8. The summed E-state index contributed by atoms with van der Waals surface area (Å²) in [5.74, 6) is 1.03. The molecule has 0 unspecified atom stereocenters. The van der Waals surface area contributed by atoms with Crippen LogP contribution in [0.3, 0.4) is 0 Å². The van der Waals surface area contributed by atoms with Gasteiger partial charge >= 0.3 is 0 Å². The number of benzene rings is 2. The van der Waals surface area contributed by atoms with Gasteiger partial charge in [-0.25, -0.2) is 0 Å². The third kappa shape index (κ3) is 3.91. The van der Waals surface area contributed by atoms with E-state index in [2.05, 4.69) is 5.32 Å². The van der Waals surface area contributed by atoms with Crippen molar-refractivity contribution < 1.29 is 19.1 Å². The van der Waals surface area contributed by atoms with E-state index >= 15 is 0 Å². The summed E-state index contributed by atoms with van der Waals surface area (Å²) in [6.45, 7) is 0.991. The summed E-state index contributed by atoms with van der Waals surface area (Å²) < 4.78 is 10.7. The Kier molecular flexibility index (Phi) is 4.88. The fourth-order valence-electron chi connectivity index (χ4n) is 2.63. The van der Waals surface area contributed by atoms with Crippen molar-refractivity contribution in [3.63, 3.8) is 0 Å². The van der Waals surface area contributed by atoms with E-state index in [0.717, 1.165) is 11.3 Å². The number of nitrogens with zero attached hydrogens (tertiary/aromatic N) is 1. The molecule has 3 rings (SSSR count). The second-order valence-corrected chi connectivity index (χ2v) is 5.86. The van der Waals surface area contributed by atoms with Crippen molar-refractivity contribution in [2.75, 3.05) is 32.6 Å². The van der Waals surface area contributed by atoms with Gasteiger partial charge in [-0.15, -0.1) is 0 Å². The predicted molar refractivity (Wildman–Crippen MR) is 94.2 cm³/mol. The molecule has 0 aromatic heterocycles. The van der Waals surface area contributed by atoms with Crippen molar-refractivity contribution in [2.45, 2.75) is 6.42 Å². The largest absolute Gasteiger partial charge is 0.497 e. The molecule has 25 heavy (non-hydrogen) atoms. The van der Waals surface area contributed by atoms with Crippen molar-refractivity contribution in [3.8, 4) is 11.5 Å². The highest BCUT2D eigenvalue weighted by Gasteiger charge is 2.21. The number of carbonyl (C=O) groups is 2. The summed E-state index contributed by atoms with van der Waals surface area (Å²) in [7, 11) is 3.33. The normalized spacial score (nSPS) is 13.5. The van der Waals surface area contributed by atoms with Crippen LogP contribution in [0.15, 0.2) is 42.5 Å². The Morgan fingerprint density at radius 2 is 2.00 bits per heavy atom. The lowest BCUT2D eigenvalue weighted by Crippen LogP contribution is -2.27. The molecule has 0 spiro atoms. The highest BCUT2D eigenvalue weighted by Crippen LogP contribution is 2.26. The van der Waals surface area contributed by atoms with Crippen LogP contribution in [0.4, 0.5) is 5.69 Å². The van der Waals surface area contributed by atoms with Gasteiger partial charge in [0.1, 0.15) is 18.1 Å². The van der Waals surface area contributed by atoms with Gasteiger partial charge in [-0.05, 0) is 35.9 Å². The Morgan fingerprint density at radius 1 is 1.24 bits per heavy atom. The van der Waals surface area contributed by atoms with Gasteiger partial charge in [0.05, 0.1) is 25.6 Å². The van der Waals surface area contributed by atoms with Crippen molar-refractivity contribution in [2.24, 2.45) is 0 Å². The average Bonchev–Trinajstić information content (AvgIpc) is 2.75. The minimum atomic E-state index is -0.152. The standard InChI is InChI=1S/C19H20N2O4/c1-21-9-10-25-17-8-5-14(12-16(17)19(21)23)20-18(22)11-13-3-6-15(24-2)7-4-13/h3-8,12H,9-11H2,1-2H3,(H,20,22). The van der Waals surface area contributed by atoms with Gasteiger partial charge in [-0.3, -0.25) is 9.59 Å². The summed E-state index contributed by atoms with van der Waals surface area (Å²) in [6, 6.07) is 12.4. The summed E-state index contributed by atoms with van der Waals surface area (Å²) in [4.78, 5) is 26.2. The fourth-order valence-corrected chi connectivity index (χ4v) is 2.63. The second-order valence-electron chi connectivity index (χ2n) is 5.86. The number of carbonyl (C=O) groups excluding carboxylic acids is 2. The first-order valence-corrected chi connectivity index (χ1v) is 8.02. The van der Waals surface area contributed by atoms with E-state index in [4.69, 9.17) is 9.47 Å². The van der Waals surface area contributed by atoms with Gasteiger partial charge in [0.25, 0.3) is 5.91 Å². The number of likely N-dealkylation sites (N-methyl/N-ethyl adjacent to an activating group) is 1. The van der Waals surface area contributed by atoms with Crippen molar-refractivity contribution in [1.82, 2.24) is 4.90 Å². The summed E-state index contributed by atoms with van der Waals surface area (Å²) in [5, 5.41) is 2.83. The molecule has 0 fully saturated rings. The topological polar surface area (TPSA) is 67.9 Å². The smallest absolute Gasteiger partial charge is 0.257 e. The molecule has 2 aromatic carbocycles. The predicted octanol–water partition coefficient (Wildman–Crippen LogP) is 2.34. The van der Waals surface area contributed by atoms with Crippen LogP contribution in [0.1, 0.15) is 15.9 Å². The van der Waals surface area contributed by atoms with Gasteiger partial charge < -0.3 is 19.7 Å². The van der Waals surface area contributed by atoms with Crippen LogP contribution < -0.4 is 14.8 Å². The van der Waals surface area contributed by atoms with Gasteiger partial charge in [-0.2, -0.15) is 0 Å². The Hall–Kier alpha value is -3.02. The van der Waals surface area contributed by atoms with Gasteiger partial charge in [0, 0.05) is 12.7 Å². The molecule has 0 atom stereocenters. The summed E-state index contributed by atoms with van der Waals surface area (Å²) in [6.07, 6.45) is 0.241. The maximum Gasteiger partial charge on any atom is 0.257 e. The maximum absolute atomic E-state index is 12.3. The Labute approximate surface area is 146 Å². The third-order valence-corrected chi connectivity index (χ3v) is 4.05. The van der Waals surface area contributed by atoms with Gasteiger partial charge in [0.15, 0.2) is 0 Å². The van der Waals surface area contributed by atoms with Crippen LogP contribution in [0.5, 0.6) is 11.5 Å². The Morgan fingerprint density at radius 3 is 2.72 bits per heavy atom. The highest BCUT2D eigenvalue weighted by molar-refractivity contribution is 6.00. The van der Waals surface area contributed by atoms with E-state index in [9.17, 15) is 9.59 Å². The molecule has 0 saturated heterocycles. The monoisotopic (exact) mass is 340 g/mol. The molecule has 2 amide bonds. The third-order valence-electron chi connectivity index (χ3n) is 4.05. The number of hydrogen-bond donors (Lipinski definition) is 1. The van der Waals surface area contributed by atoms with Crippen LogP contribution in [-0.2, 0) is 11.2 Å². The van der Waals surface area contributed by atoms with E-state index in [1.807, 2.05) is 24.3 Å². The molecule has 2 aromatic rings. The molecular weight excluding hydrogens is 320 g/mol. The van der Waals surface area contributed by atoms with Crippen molar-refractivity contribution in [1.29, 1.82) is 0 Å². The van der Waals surface area contributed by atoms with Crippen LogP contribution in [0.2, 0.25) is 0 Å². The minimum Gasteiger partial charge on any atom is -0.497 e. The maximum atomic E-state index is 12.3. The van der Waals surface area contributed by atoms with Crippen LogP contribution in [0.25, 0.3) is 0 Å². The minimum absolute atomic E-state index is 0.112. The number of anilines is 1. The number of methoxy groups -OCH3 is 1. The lowest BCUT2D eigenvalue weighted by molar-refractivity contribution is -0.115. The van der Waals surface area contributed by atoms with Crippen LogP contribution in [-0.4, -0.2) is 44.0 Å². The molecule has 0 saturated carbocycles. The van der Waals surface area contributed by atoms with E-state index in [0.29, 0.717) is 30.2 Å². The van der Waals surface area contributed by atoms with E-state index in [-0.39, 0.29) is 18.2 Å². The summed E-state index contributed by atoms with van der Waals surface area (Å²) in [5.41, 5.74) is 1.92. The fraction of sp³-hybridized carbons (Fsp3) is 0.263. The average molecular weight is 340 g/mol. The molecule has 0 aliphatic carbocycles. The molecule has 6 nitrogen and oxygen atoms in total. The first-order valence-electron chi connectivity index (χ1n) is 8.02. The number of hydrogen-bond acceptors (Lipinski definition) is 4. The first kappa shape index (κ1) is 16.8. The SMILES string of the molecule is COc1ccc(CC(=O)Nc2ccc3c(c2)C(=O)N(C)CCO3)cc1. The number of amides is 2. The van der Waals surface area contributed by atoms with E-state index in [1.165, 1.54) is 0 Å². The zero-order valence-electron chi connectivity index (χ0n) is 14.2. The van der Waals surface area contributed by atoms with Crippen LogP contribution >= 0.6 is 0 Å². The Bertz CT molecular complexity index is 787. The second kappa shape index (κ2) is 7.25. The highest BCUT2D eigenvalue weighted by atomic mass is 16.5. The van der Waals surface area contributed by atoms with Crippen molar-refractivity contribution >= 4 is 17.5 Å². The van der Waals surface area contributed by atoms with E-state index in [1.54, 1.807) is 37.3 Å². The lowest BCUT2D eigenvalue weighted by atomic mass is 10.1. The molecule has 130 valence electrons. The van der Waals surface area contributed by atoms with Gasteiger partial charge in [-0.1, -0.05) is 12.1 Å². The molecule has 6 heteroatoms. The Balaban J connectivity index is 1.71. The van der Waals surface area contributed by atoms with E-state index < -0.39 is 0 Å². The number of nitrogens with one attached hydrogen (secondary N) is 1. The summed E-state index contributed by atoms with van der Waals surface area (Å²) >= 11 is 0. The zero-order valence-corrected chi connectivity index (χ0v) is 14.2. The molecule has 1 aliphatic rings. The molecule has 1 N–H and O–H groups in total. The molecule has 0 radical (unpaired) electrons.